The summed E-state index contributed by atoms with van der Waals surface area (Å²) in [4.78, 5) is 11.5. The molecular formula is C13H18BrNO3. The van der Waals surface area contributed by atoms with E-state index in [0.29, 0.717) is 26.0 Å². The van der Waals surface area contributed by atoms with Gasteiger partial charge in [0.2, 0.25) is 5.91 Å². The van der Waals surface area contributed by atoms with Crippen molar-refractivity contribution in [1.29, 1.82) is 0 Å². The Morgan fingerprint density at radius 1 is 1.39 bits per heavy atom. The van der Waals surface area contributed by atoms with Crippen molar-refractivity contribution in [2.24, 2.45) is 0 Å². The normalized spacial score (nSPS) is 10.2. The fourth-order valence-electron chi connectivity index (χ4n) is 1.50. The van der Waals surface area contributed by atoms with E-state index >= 15 is 0 Å². The minimum Gasteiger partial charge on any atom is -0.496 e. The summed E-state index contributed by atoms with van der Waals surface area (Å²) >= 11 is 3.42. The molecule has 0 spiro atoms. The maximum absolute atomic E-state index is 11.5. The largest absolute Gasteiger partial charge is 0.496 e. The number of aryl methyl sites for hydroxylation is 1. The van der Waals surface area contributed by atoms with Crippen molar-refractivity contribution >= 4 is 21.8 Å². The Morgan fingerprint density at radius 3 is 2.78 bits per heavy atom. The summed E-state index contributed by atoms with van der Waals surface area (Å²) in [5.74, 6) is 0.835. The van der Waals surface area contributed by atoms with Crippen LogP contribution in [0.5, 0.6) is 5.75 Å². The van der Waals surface area contributed by atoms with E-state index in [1.807, 2.05) is 18.2 Å². The maximum atomic E-state index is 11.5. The number of nitrogens with one attached hydrogen (secondary N) is 1. The predicted octanol–water partition coefficient (Wildman–Crippen LogP) is 2.15. The molecule has 0 aromatic heterocycles. The van der Waals surface area contributed by atoms with Crippen LogP contribution in [0.4, 0.5) is 0 Å². The Balaban J connectivity index is 2.39. The molecule has 1 aromatic carbocycles. The van der Waals surface area contributed by atoms with Crippen molar-refractivity contribution in [3.63, 3.8) is 0 Å². The minimum absolute atomic E-state index is 0.0407. The Bertz CT molecular complexity index is 396. The zero-order valence-corrected chi connectivity index (χ0v) is 12.2. The lowest BCUT2D eigenvalue weighted by molar-refractivity contribution is -0.121. The smallest absolute Gasteiger partial charge is 0.220 e. The Hall–Kier alpha value is -1.07. The summed E-state index contributed by atoms with van der Waals surface area (Å²) in [6.45, 7) is 1.10. The molecule has 0 aliphatic heterocycles. The molecule has 0 saturated carbocycles. The Labute approximate surface area is 116 Å². The van der Waals surface area contributed by atoms with Gasteiger partial charge in [-0.25, -0.2) is 0 Å². The number of halogens is 1. The van der Waals surface area contributed by atoms with Crippen LogP contribution in [0.1, 0.15) is 12.0 Å². The van der Waals surface area contributed by atoms with Gasteiger partial charge in [-0.2, -0.15) is 0 Å². The van der Waals surface area contributed by atoms with Crippen LogP contribution < -0.4 is 10.1 Å². The Morgan fingerprint density at radius 2 is 2.17 bits per heavy atom. The van der Waals surface area contributed by atoms with Gasteiger partial charge in [0.1, 0.15) is 5.75 Å². The van der Waals surface area contributed by atoms with Gasteiger partial charge in [-0.15, -0.1) is 0 Å². The molecule has 1 amide bonds. The van der Waals surface area contributed by atoms with Crippen molar-refractivity contribution < 1.29 is 14.3 Å². The number of hydrogen-bond donors (Lipinski definition) is 1. The highest BCUT2D eigenvalue weighted by molar-refractivity contribution is 9.10. The molecule has 1 aromatic rings. The van der Waals surface area contributed by atoms with Crippen molar-refractivity contribution in [1.82, 2.24) is 5.32 Å². The second-order valence-electron chi connectivity index (χ2n) is 3.81. The van der Waals surface area contributed by atoms with E-state index in [0.717, 1.165) is 15.8 Å². The number of carbonyl (C=O) groups excluding carboxylic acids is 1. The summed E-state index contributed by atoms with van der Waals surface area (Å²) in [7, 11) is 3.24. The molecule has 0 fully saturated rings. The second kappa shape index (κ2) is 8.11. The number of carbonyl (C=O) groups is 1. The van der Waals surface area contributed by atoms with Gasteiger partial charge in [0.25, 0.3) is 0 Å². The number of amides is 1. The van der Waals surface area contributed by atoms with Crippen LogP contribution in [0.25, 0.3) is 0 Å². The first-order chi connectivity index (χ1) is 8.67. The molecule has 0 saturated heterocycles. The third-order valence-corrected chi connectivity index (χ3v) is 3.11. The number of benzene rings is 1. The van der Waals surface area contributed by atoms with Crippen molar-refractivity contribution in [2.75, 3.05) is 27.4 Å². The molecule has 0 atom stereocenters. The van der Waals surface area contributed by atoms with E-state index in [4.69, 9.17) is 9.47 Å². The van der Waals surface area contributed by atoms with Crippen LogP contribution in [0.3, 0.4) is 0 Å². The van der Waals surface area contributed by atoms with Crippen molar-refractivity contribution in [3.05, 3.63) is 28.2 Å². The lowest BCUT2D eigenvalue weighted by Crippen LogP contribution is -2.27. The summed E-state index contributed by atoms with van der Waals surface area (Å²) in [5, 5.41) is 2.79. The molecule has 1 rings (SSSR count). The van der Waals surface area contributed by atoms with E-state index in [1.54, 1.807) is 14.2 Å². The van der Waals surface area contributed by atoms with Crippen LogP contribution in [-0.2, 0) is 16.0 Å². The monoisotopic (exact) mass is 315 g/mol. The second-order valence-corrected chi connectivity index (χ2v) is 4.67. The highest BCUT2D eigenvalue weighted by Gasteiger charge is 2.04. The lowest BCUT2D eigenvalue weighted by atomic mass is 10.1. The molecular weight excluding hydrogens is 298 g/mol. The molecule has 5 heteroatoms. The molecule has 0 heterocycles. The van der Waals surface area contributed by atoms with Crippen LogP contribution >= 0.6 is 15.9 Å². The molecule has 0 unspecified atom stereocenters. The van der Waals surface area contributed by atoms with E-state index in [9.17, 15) is 4.79 Å². The third-order valence-electron chi connectivity index (χ3n) is 2.49. The van der Waals surface area contributed by atoms with Crippen molar-refractivity contribution in [2.45, 2.75) is 12.8 Å². The van der Waals surface area contributed by atoms with Gasteiger partial charge in [0.05, 0.1) is 18.2 Å². The number of methoxy groups -OCH3 is 2. The Kier molecular flexibility index (Phi) is 6.75. The minimum atomic E-state index is 0.0407. The summed E-state index contributed by atoms with van der Waals surface area (Å²) in [5.41, 5.74) is 1.10. The van der Waals surface area contributed by atoms with Crippen molar-refractivity contribution in [3.8, 4) is 5.75 Å². The van der Waals surface area contributed by atoms with Crippen LogP contribution in [0.2, 0.25) is 0 Å². The van der Waals surface area contributed by atoms with Gasteiger partial charge < -0.3 is 14.8 Å². The van der Waals surface area contributed by atoms with E-state index in [-0.39, 0.29) is 5.91 Å². The third kappa shape index (κ3) is 5.06. The van der Waals surface area contributed by atoms with Crippen LogP contribution in [0, 0.1) is 0 Å². The zero-order chi connectivity index (χ0) is 13.4. The highest BCUT2D eigenvalue weighted by Crippen LogP contribution is 2.25. The molecule has 0 radical (unpaired) electrons. The van der Waals surface area contributed by atoms with Gasteiger partial charge in [-0.05, 0) is 40.0 Å². The van der Waals surface area contributed by atoms with E-state index in [1.165, 1.54) is 0 Å². The van der Waals surface area contributed by atoms with Gasteiger partial charge in [-0.3, -0.25) is 4.79 Å². The fraction of sp³-hybridized carbons (Fsp3) is 0.462. The predicted molar refractivity (Wildman–Crippen MR) is 73.9 cm³/mol. The molecule has 0 bridgehead atoms. The first kappa shape index (κ1) is 15.0. The van der Waals surface area contributed by atoms with E-state index in [2.05, 4.69) is 21.2 Å². The SMILES string of the molecule is COCCNC(=O)CCc1ccc(OC)c(Br)c1. The van der Waals surface area contributed by atoms with Crippen LogP contribution in [-0.4, -0.2) is 33.3 Å². The molecule has 1 N–H and O–H groups in total. The summed E-state index contributed by atoms with van der Waals surface area (Å²) in [6, 6.07) is 5.83. The average molecular weight is 316 g/mol. The standard InChI is InChI=1S/C13H18BrNO3/c1-17-8-7-15-13(16)6-4-10-3-5-12(18-2)11(14)9-10/h3,5,9H,4,6-8H2,1-2H3,(H,15,16). The van der Waals surface area contributed by atoms with Gasteiger partial charge in [0, 0.05) is 20.1 Å². The zero-order valence-electron chi connectivity index (χ0n) is 10.7. The van der Waals surface area contributed by atoms with Gasteiger partial charge >= 0.3 is 0 Å². The lowest BCUT2D eigenvalue weighted by Gasteiger charge is -2.07. The van der Waals surface area contributed by atoms with E-state index < -0.39 is 0 Å². The maximum Gasteiger partial charge on any atom is 0.220 e. The average Bonchev–Trinajstić information content (AvgIpc) is 2.37. The van der Waals surface area contributed by atoms with Gasteiger partial charge in [-0.1, -0.05) is 6.07 Å². The molecule has 4 nitrogen and oxygen atoms in total. The molecule has 0 aliphatic rings. The first-order valence-electron chi connectivity index (χ1n) is 5.75. The van der Waals surface area contributed by atoms with Gasteiger partial charge in [0.15, 0.2) is 0 Å². The molecule has 100 valence electrons. The first-order valence-corrected chi connectivity index (χ1v) is 6.54. The molecule has 0 aliphatic carbocycles. The summed E-state index contributed by atoms with van der Waals surface area (Å²) < 4.78 is 10.9. The quantitative estimate of drug-likeness (QED) is 0.784. The highest BCUT2D eigenvalue weighted by atomic mass is 79.9. The molecule has 18 heavy (non-hydrogen) atoms. The number of ether oxygens (including phenoxy) is 2. The fourth-order valence-corrected chi connectivity index (χ4v) is 2.09. The number of rotatable bonds is 7. The van der Waals surface area contributed by atoms with Crippen LogP contribution in [0.15, 0.2) is 22.7 Å². The topological polar surface area (TPSA) is 47.6 Å². The summed E-state index contributed by atoms with van der Waals surface area (Å²) in [6.07, 6.45) is 1.18. The number of hydrogen-bond acceptors (Lipinski definition) is 3.